The second kappa shape index (κ2) is 10.5. The highest BCUT2D eigenvalue weighted by Gasteiger charge is 2.31. The minimum absolute atomic E-state index is 0.163. The van der Waals surface area contributed by atoms with Crippen molar-refractivity contribution in [1.82, 2.24) is 0 Å². The summed E-state index contributed by atoms with van der Waals surface area (Å²) in [6.45, 7) is 0. The van der Waals surface area contributed by atoms with E-state index in [1.807, 2.05) is 18.2 Å². The molecule has 0 unspecified atom stereocenters. The lowest BCUT2D eigenvalue weighted by Gasteiger charge is -2.28. The number of carbonyl (C=O) groups is 1. The van der Waals surface area contributed by atoms with Crippen molar-refractivity contribution in [1.29, 1.82) is 5.26 Å². The molecule has 0 atom stereocenters. The fourth-order valence-corrected chi connectivity index (χ4v) is 3.16. The number of nitriles is 1. The molecule has 0 aliphatic heterocycles. The second-order valence-electron chi connectivity index (χ2n) is 6.61. The third kappa shape index (κ3) is 7.87. The van der Waals surface area contributed by atoms with Crippen molar-refractivity contribution in [2.75, 3.05) is 0 Å². The molecule has 0 radical (unpaired) electrons. The first kappa shape index (κ1) is 21.5. The number of allylic oxidation sites excluding steroid dienone is 4. The molecule has 28 heavy (non-hydrogen) atoms. The Kier molecular flexibility index (Phi) is 8.12. The molecule has 1 fully saturated rings. The van der Waals surface area contributed by atoms with Crippen LogP contribution in [0.5, 0.6) is 5.75 Å². The molecule has 0 bridgehead atoms. The van der Waals surface area contributed by atoms with Gasteiger partial charge in [-0.1, -0.05) is 18.2 Å². The van der Waals surface area contributed by atoms with Crippen LogP contribution >= 0.6 is 0 Å². The quantitative estimate of drug-likeness (QED) is 0.338. The number of nitrogens with zero attached hydrogens (tertiary/aromatic N) is 1. The first-order chi connectivity index (χ1) is 13.4. The number of alkyl halides is 3. The third-order valence-electron chi connectivity index (χ3n) is 4.55. The van der Waals surface area contributed by atoms with E-state index in [9.17, 15) is 18.0 Å². The Bertz CT molecular complexity index is 725. The van der Waals surface area contributed by atoms with Crippen LogP contribution in [0.2, 0.25) is 0 Å². The topological polar surface area (TPSA) is 59.3 Å². The molecule has 0 N–H and O–H groups in total. The summed E-state index contributed by atoms with van der Waals surface area (Å²) >= 11 is 0. The molecule has 1 saturated carbocycles. The average molecular weight is 393 g/mol. The fourth-order valence-electron chi connectivity index (χ4n) is 3.16. The Balaban J connectivity index is 1.72. The van der Waals surface area contributed by atoms with Crippen LogP contribution in [0, 0.1) is 17.2 Å². The zero-order valence-electron chi connectivity index (χ0n) is 15.3. The van der Waals surface area contributed by atoms with E-state index in [-0.39, 0.29) is 17.4 Å². The number of hydrogen-bond acceptors (Lipinski definition) is 4. The van der Waals surface area contributed by atoms with Gasteiger partial charge >= 0.3 is 12.3 Å². The van der Waals surface area contributed by atoms with Gasteiger partial charge in [0.15, 0.2) is 0 Å². The van der Waals surface area contributed by atoms with Gasteiger partial charge in [-0.05, 0) is 68.7 Å². The van der Waals surface area contributed by atoms with Gasteiger partial charge in [-0.15, -0.1) is 13.2 Å². The summed E-state index contributed by atoms with van der Waals surface area (Å²) in [5.41, 5.74) is 0.201. The van der Waals surface area contributed by atoms with Crippen molar-refractivity contribution < 1.29 is 27.4 Å². The van der Waals surface area contributed by atoms with E-state index >= 15 is 0 Å². The molecule has 0 saturated heterocycles. The molecule has 1 aromatic carbocycles. The van der Waals surface area contributed by atoms with E-state index < -0.39 is 12.3 Å². The summed E-state index contributed by atoms with van der Waals surface area (Å²) in [5.74, 6) is -0.325. The summed E-state index contributed by atoms with van der Waals surface area (Å²) in [6.07, 6.45) is 7.60. The maximum atomic E-state index is 12.2. The number of hydrogen-bond donors (Lipinski definition) is 0. The van der Waals surface area contributed by atoms with Crippen LogP contribution in [0.3, 0.4) is 0 Å². The van der Waals surface area contributed by atoms with Crippen LogP contribution < -0.4 is 4.74 Å². The predicted octanol–water partition coefficient (Wildman–Crippen LogP) is 5.72. The molecule has 1 aliphatic carbocycles. The number of ether oxygens (including phenoxy) is 2. The van der Waals surface area contributed by atoms with Gasteiger partial charge in [-0.25, -0.2) is 4.79 Å². The van der Waals surface area contributed by atoms with E-state index in [1.165, 1.54) is 18.2 Å². The standard InChI is InChI=1S/C21H22F3NO3/c22-21(23,24)28-19-13-9-17(10-14-19)20(26)27-18-11-7-16(8-12-18)6-4-2-1-3-5-15-25/h1-3,5,9-10,13-14,16,18H,4,6-8,11-12H2. The van der Waals surface area contributed by atoms with Crippen LogP contribution in [-0.4, -0.2) is 18.4 Å². The summed E-state index contributed by atoms with van der Waals surface area (Å²) in [4.78, 5) is 12.2. The van der Waals surface area contributed by atoms with Gasteiger partial charge in [0.1, 0.15) is 11.9 Å². The van der Waals surface area contributed by atoms with Crippen LogP contribution in [0.25, 0.3) is 0 Å². The number of halogens is 3. The summed E-state index contributed by atoms with van der Waals surface area (Å²) < 4.78 is 45.7. The Hall–Kier alpha value is -2.75. The molecule has 4 nitrogen and oxygen atoms in total. The van der Waals surface area contributed by atoms with Crippen molar-refractivity contribution in [2.45, 2.75) is 51.0 Å². The molecule has 2 rings (SSSR count). The van der Waals surface area contributed by atoms with E-state index in [1.54, 1.807) is 6.08 Å². The van der Waals surface area contributed by atoms with Gasteiger partial charge in [-0.2, -0.15) is 5.26 Å². The highest BCUT2D eigenvalue weighted by atomic mass is 19.4. The SMILES string of the molecule is N#CC=CC=CCCC1CCC(OC(=O)c2ccc(OC(F)(F)F)cc2)CC1. The average Bonchev–Trinajstić information content (AvgIpc) is 2.65. The van der Waals surface area contributed by atoms with Gasteiger partial charge in [0, 0.05) is 6.08 Å². The molecular weight excluding hydrogens is 371 g/mol. The Morgan fingerprint density at radius 3 is 2.43 bits per heavy atom. The number of rotatable bonds is 7. The molecular formula is C21H22F3NO3. The molecule has 1 aromatic rings. The third-order valence-corrected chi connectivity index (χ3v) is 4.55. The van der Waals surface area contributed by atoms with Crippen molar-refractivity contribution in [2.24, 2.45) is 5.92 Å². The number of esters is 1. The largest absolute Gasteiger partial charge is 0.573 e. The van der Waals surface area contributed by atoms with Crippen molar-refractivity contribution >= 4 is 5.97 Å². The first-order valence-corrected chi connectivity index (χ1v) is 9.15. The fraction of sp³-hybridized carbons (Fsp3) is 0.429. The second-order valence-corrected chi connectivity index (χ2v) is 6.61. The van der Waals surface area contributed by atoms with Gasteiger partial charge in [0.2, 0.25) is 0 Å². The summed E-state index contributed by atoms with van der Waals surface area (Å²) in [5, 5.41) is 8.39. The smallest absolute Gasteiger partial charge is 0.459 e. The number of benzene rings is 1. The molecule has 7 heteroatoms. The summed E-state index contributed by atoms with van der Waals surface area (Å²) in [6, 6.07) is 6.65. The molecule has 0 heterocycles. The molecule has 0 amide bonds. The van der Waals surface area contributed by atoms with Crippen LogP contribution in [0.1, 0.15) is 48.9 Å². The van der Waals surface area contributed by atoms with Crippen molar-refractivity contribution in [3.8, 4) is 11.8 Å². The summed E-state index contributed by atoms with van der Waals surface area (Å²) in [7, 11) is 0. The van der Waals surface area contributed by atoms with Crippen LogP contribution in [0.15, 0.2) is 48.6 Å². The minimum Gasteiger partial charge on any atom is -0.459 e. The van der Waals surface area contributed by atoms with E-state index in [0.717, 1.165) is 50.7 Å². The lowest BCUT2D eigenvalue weighted by molar-refractivity contribution is -0.274. The Morgan fingerprint density at radius 1 is 1.14 bits per heavy atom. The zero-order chi connectivity index (χ0) is 20.4. The Morgan fingerprint density at radius 2 is 1.82 bits per heavy atom. The molecule has 0 spiro atoms. The first-order valence-electron chi connectivity index (χ1n) is 9.15. The monoisotopic (exact) mass is 393 g/mol. The molecule has 150 valence electrons. The maximum Gasteiger partial charge on any atom is 0.573 e. The zero-order valence-corrected chi connectivity index (χ0v) is 15.3. The van der Waals surface area contributed by atoms with Gasteiger partial charge in [-0.3, -0.25) is 0 Å². The van der Waals surface area contributed by atoms with Crippen molar-refractivity contribution in [3.63, 3.8) is 0 Å². The number of carbonyl (C=O) groups excluding carboxylic acids is 1. The maximum absolute atomic E-state index is 12.2. The van der Waals surface area contributed by atoms with Gasteiger partial charge < -0.3 is 9.47 Å². The predicted molar refractivity (Wildman–Crippen MR) is 97.4 cm³/mol. The molecule has 1 aliphatic rings. The van der Waals surface area contributed by atoms with E-state index in [2.05, 4.69) is 4.74 Å². The van der Waals surface area contributed by atoms with Gasteiger partial charge in [0.25, 0.3) is 0 Å². The highest BCUT2D eigenvalue weighted by Crippen LogP contribution is 2.30. The highest BCUT2D eigenvalue weighted by molar-refractivity contribution is 5.89. The lowest BCUT2D eigenvalue weighted by Crippen LogP contribution is -2.24. The normalized spacial score (nSPS) is 20.2. The Labute approximate surface area is 162 Å². The van der Waals surface area contributed by atoms with Crippen LogP contribution in [-0.2, 0) is 4.74 Å². The molecule has 0 aromatic heterocycles. The van der Waals surface area contributed by atoms with E-state index in [0.29, 0.717) is 5.92 Å². The minimum atomic E-state index is -4.76. The van der Waals surface area contributed by atoms with Gasteiger partial charge in [0.05, 0.1) is 11.6 Å². The van der Waals surface area contributed by atoms with Crippen LogP contribution in [0.4, 0.5) is 13.2 Å². The lowest BCUT2D eigenvalue weighted by atomic mass is 9.84. The van der Waals surface area contributed by atoms with Crippen molar-refractivity contribution in [3.05, 3.63) is 54.1 Å². The van der Waals surface area contributed by atoms with E-state index in [4.69, 9.17) is 10.00 Å².